The molecule has 0 spiro atoms. The van der Waals surface area contributed by atoms with E-state index in [1.54, 1.807) is 0 Å². The Morgan fingerprint density at radius 1 is 0.857 bits per heavy atom. The second-order valence-electron chi connectivity index (χ2n) is 6.93. The van der Waals surface area contributed by atoms with Crippen molar-refractivity contribution in [2.75, 3.05) is 26.4 Å². The summed E-state index contributed by atoms with van der Waals surface area (Å²) in [5.74, 6) is 1.63. The lowest BCUT2D eigenvalue weighted by Crippen LogP contribution is -2.17. The van der Waals surface area contributed by atoms with Crippen molar-refractivity contribution in [3.63, 3.8) is 0 Å². The molecule has 28 heavy (non-hydrogen) atoms. The molecular formula is C24H25NO3. The highest BCUT2D eigenvalue weighted by Crippen LogP contribution is 2.37. The molecule has 1 aliphatic heterocycles. The molecule has 0 saturated heterocycles. The molecule has 4 heteroatoms. The van der Waals surface area contributed by atoms with E-state index in [9.17, 15) is 0 Å². The maximum atomic E-state index is 8.88. The average Bonchev–Trinajstić information content (AvgIpc) is 2.74. The highest BCUT2D eigenvalue weighted by molar-refractivity contribution is 5.79. The quantitative estimate of drug-likeness (QED) is 0.635. The minimum Gasteiger partial charge on any atom is -0.486 e. The SMILES string of the molecule is Cc1c(-c2ccc(CNCCO)cc2)cccc1-c1ccc2c(c1)OCCO2. The molecule has 0 fully saturated rings. The van der Waals surface area contributed by atoms with Crippen molar-refractivity contribution < 1.29 is 14.6 Å². The first-order chi connectivity index (χ1) is 13.8. The second kappa shape index (κ2) is 8.46. The van der Waals surface area contributed by atoms with Gasteiger partial charge in [-0.2, -0.15) is 0 Å². The molecule has 0 unspecified atom stereocenters. The summed E-state index contributed by atoms with van der Waals surface area (Å²) in [4.78, 5) is 0. The molecular weight excluding hydrogens is 350 g/mol. The molecule has 4 nitrogen and oxygen atoms in total. The van der Waals surface area contributed by atoms with Gasteiger partial charge in [0.1, 0.15) is 13.2 Å². The molecule has 4 rings (SSSR count). The van der Waals surface area contributed by atoms with Crippen molar-refractivity contribution in [3.05, 3.63) is 71.8 Å². The highest BCUT2D eigenvalue weighted by Gasteiger charge is 2.14. The first kappa shape index (κ1) is 18.5. The molecule has 3 aromatic carbocycles. The zero-order valence-electron chi connectivity index (χ0n) is 16.1. The van der Waals surface area contributed by atoms with Gasteiger partial charge in [-0.3, -0.25) is 0 Å². The Labute approximate surface area is 165 Å². The van der Waals surface area contributed by atoms with Gasteiger partial charge >= 0.3 is 0 Å². The van der Waals surface area contributed by atoms with Crippen LogP contribution in [0.3, 0.4) is 0 Å². The van der Waals surface area contributed by atoms with E-state index in [0.29, 0.717) is 19.8 Å². The zero-order valence-corrected chi connectivity index (χ0v) is 16.1. The molecule has 3 aromatic rings. The zero-order chi connectivity index (χ0) is 19.3. The van der Waals surface area contributed by atoms with Crippen LogP contribution >= 0.6 is 0 Å². The molecule has 1 aliphatic rings. The third-order valence-electron chi connectivity index (χ3n) is 5.07. The van der Waals surface area contributed by atoms with E-state index in [2.05, 4.69) is 66.8 Å². The maximum Gasteiger partial charge on any atom is 0.161 e. The van der Waals surface area contributed by atoms with Crippen molar-refractivity contribution in [2.24, 2.45) is 0 Å². The fraction of sp³-hybridized carbons (Fsp3) is 0.250. The van der Waals surface area contributed by atoms with Crippen molar-refractivity contribution in [2.45, 2.75) is 13.5 Å². The van der Waals surface area contributed by atoms with E-state index in [4.69, 9.17) is 14.6 Å². The van der Waals surface area contributed by atoms with Crippen LogP contribution in [0.25, 0.3) is 22.3 Å². The van der Waals surface area contributed by atoms with Crippen molar-refractivity contribution in [3.8, 4) is 33.8 Å². The van der Waals surface area contributed by atoms with Gasteiger partial charge in [0, 0.05) is 13.1 Å². The van der Waals surface area contributed by atoms with E-state index in [0.717, 1.165) is 23.6 Å². The minimum absolute atomic E-state index is 0.157. The highest BCUT2D eigenvalue weighted by atomic mass is 16.6. The number of hydrogen-bond donors (Lipinski definition) is 2. The smallest absolute Gasteiger partial charge is 0.161 e. The minimum atomic E-state index is 0.157. The third-order valence-corrected chi connectivity index (χ3v) is 5.07. The van der Waals surface area contributed by atoms with Crippen molar-refractivity contribution in [1.29, 1.82) is 0 Å². The van der Waals surface area contributed by atoms with Gasteiger partial charge in [-0.05, 0) is 52.4 Å². The van der Waals surface area contributed by atoms with Crippen LogP contribution in [0.2, 0.25) is 0 Å². The summed E-state index contributed by atoms with van der Waals surface area (Å²) in [5.41, 5.74) is 7.20. The van der Waals surface area contributed by atoms with Crippen molar-refractivity contribution in [1.82, 2.24) is 5.32 Å². The van der Waals surface area contributed by atoms with Crippen molar-refractivity contribution >= 4 is 0 Å². The van der Waals surface area contributed by atoms with E-state index < -0.39 is 0 Å². The first-order valence-electron chi connectivity index (χ1n) is 9.67. The van der Waals surface area contributed by atoms with Gasteiger partial charge in [0.05, 0.1) is 6.61 Å². The molecule has 0 radical (unpaired) electrons. The van der Waals surface area contributed by atoms with Crippen LogP contribution in [0, 0.1) is 6.92 Å². The molecule has 0 aliphatic carbocycles. The summed E-state index contributed by atoms with van der Waals surface area (Å²) < 4.78 is 11.4. The molecule has 1 heterocycles. The van der Waals surface area contributed by atoms with Crippen LogP contribution in [0.5, 0.6) is 11.5 Å². The fourth-order valence-corrected chi connectivity index (χ4v) is 3.59. The first-order valence-corrected chi connectivity index (χ1v) is 9.67. The summed E-state index contributed by atoms with van der Waals surface area (Å²) in [5, 5.41) is 12.1. The summed E-state index contributed by atoms with van der Waals surface area (Å²) in [6.07, 6.45) is 0. The normalized spacial score (nSPS) is 12.8. The van der Waals surface area contributed by atoms with Crippen LogP contribution in [-0.2, 0) is 6.54 Å². The van der Waals surface area contributed by atoms with Gasteiger partial charge < -0.3 is 19.9 Å². The maximum absolute atomic E-state index is 8.88. The number of fused-ring (bicyclic) bond motifs is 1. The topological polar surface area (TPSA) is 50.7 Å². The van der Waals surface area contributed by atoms with Gasteiger partial charge in [-0.1, -0.05) is 48.5 Å². The van der Waals surface area contributed by atoms with Gasteiger partial charge in [-0.15, -0.1) is 0 Å². The predicted molar refractivity (Wildman–Crippen MR) is 112 cm³/mol. The Morgan fingerprint density at radius 3 is 2.29 bits per heavy atom. The number of rotatable bonds is 6. The number of hydrogen-bond acceptors (Lipinski definition) is 4. The Morgan fingerprint density at radius 2 is 1.54 bits per heavy atom. The Bertz CT molecular complexity index is 951. The lowest BCUT2D eigenvalue weighted by molar-refractivity contribution is 0.171. The van der Waals surface area contributed by atoms with Gasteiger partial charge in [-0.25, -0.2) is 0 Å². The molecule has 0 aromatic heterocycles. The fourth-order valence-electron chi connectivity index (χ4n) is 3.59. The Kier molecular flexibility index (Phi) is 5.60. The van der Waals surface area contributed by atoms with Gasteiger partial charge in [0.15, 0.2) is 11.5 Å². The van der Waals surface area contributed by atoms with Crippen LogP contribution in [-0.4, -0.2) is 31.5 Å². The molecule has 0 atom stereocenters. The monoisotopic (exact) mass is 375 g/mol. The summed E-state index contributed by atoms with van der Waals surface area (Å²) in [6.45, 7) is 4.89. The number of ether oxygens (including phenoxy) is 2. The van der Waals surface area contributed by atoms with Crippen LogP contribution in [0.15, 0.2) is 60.7 Å². The third kappa shape index (κ3) is 3.88. The van der Waals surface area contributed by atoms with Crippen LogP contribution in [0.1, 0.15) is 11.1 Å². The van der Waals surface area contributed by atoms with Crippen LogP contribution < -0.4 is 14.8 Å². The molecule has 0 amide bonds. The molecule has 0 saturated carbocycles. The Hall–Kier alpha value is -2.82. The number of benzene rings is 3. The van der Waals surface area contributed by atoms with Crippen LogP contribution in [0.4, 0.5) is 0 Å². The number of aliphatic hydroxyl groups excluding tert-OH is 1. The van der Waals surface area contributed by atoms with E-state index in [-0.39, 0.29) is 6.61 Å². The van der Waals surface area contributed by atoms with E-state index in [1.807, 2.05) is 6.07 Å². The summed E-state index contributed by atoms with van der Waals surface area (Å²) in [7, 11) is 0. The molecule has 144 valence electrons. The standard InChI is InChI=1S/C24H25NO3/c1-17-21(19-7-5-18(6-8-19)16-25-11-12-26)3-2-4-22(17)20-9-10-23-24(15-20)28-14-13-27-23/h2-10,15,25-26H,11-14,16H2,1H3. The average molecular weight is 375 g/mol. The Balaban J connectivity index is 1.62. The molecule has 2 N–H and O–H groups in total. The summed E-state index contributed by atoms with van der Waals surface area (Å²) in [6, 6.07) is 21.2. The summed E-state index contributed by atoms with van der Waals surface area (Å²) >= 11 is 0. The molecule has 0 bridgehead atoms. The predicted octanol–water partition coefficient (Wildman–Crippen LogP) is 4.18. The largest absolute Gasteiger partial charge is 0.486 e. The second-order valence-corrected chi connectivity index (χ2v) is 6.93. The van der Waals surface area contributed by atoms with Gasteiger partial charge in [0.2, 0.25) is 0 Å². The lowest BCUT2D eigenvalue weighted by atomic mass is 9.92. The van der Waals surface area contributed by atoms with Gasteiger partial charge in [0.25, 0.3) is 0 Å². The number of nitrogens with one attached hydrogen (secondary N) is 1. The van der Waals surface area contributed by atoms with E-state index >= 15 is 0 Å². The number of aliphatic hydroxyl groups is 1. The lowest BCUT2D eigenvalue weighted by Gasteiger charge is -2.20. The van der Waals surface area contributed by atoms with E-state index in [1.165, 1.54) is 27.8 Å².